The number of amides is 1. The van der Waals surface area contributed by atoms with Crippen LogP contribution >= 0.6 is 35.1 Å². The van der Waals surface area contributed by atoms with Crippen molar-refractivity contribution in [3.63, 3.8) is 0 Å². The summed E-state index contributed by atoms with van der Waals surface area (Å²) < 4.78 is 3.16. The van der Waals surface area contributed by atoms with Crippen molar-refractivity contribution in [1.29, 1.82) is 0 Å². The van der Waals surface area contributed by atoms with Gasteiger partial charge in [-0.15, -0.1) is 23.7 Å². The van der Waals surface area contributed by atoms with E-state index in [0.717, 1.165) is 33.2 Å². The molecule has 4 rings (SSSR count). The molecule has 4 aromatic rings. The first kappa shape index (κ1) is 22.2. The number of nitrogens with zero attached hydrogens (tertiary/aromatic N) is 4. The van der Waals surface area contributed by atoms with Crippen LogP contribution in [0.1, 0.15) is 22.4 Å². The van der Waals surface area contributed by atoms with Gasteiger partial charge in [-0.2, -0.15) is 0 Å². The van der Waals surface area contributed by atoms with E-state index in [2.05, 4.69) is 31.0 Å². The van der Waals surface area contributed by atoms with Crippen LogP contribution in [0.25, 0.3) is 16.3 Å². The smallest absolute Gasteiger partial charge is 0.252 e. The largest absolute Gasteiger partial charge is 0.337 e. The topological polar surface area (TPSA) is 51.0 Å². The van der Waals surface area contributed by atoms with Gasteiger partial charge in [0.25, 0.3) is 5.91 Å². The summed E-state index contributed by atoms with van der Waals surface area (Å²) in [6, 6.07) is 8.22. The molecule has 8 heteroatoms. The molecular weight excluding hydrogens is 436 g/mol. The van der Waals surface area contributed by atoms with Crippen molar-refractivity contribution < 1.29 is 4.79 Å². The number of rotatable bonds is 7. The number of aromatic nitrogens is 3. The minimum absolute atomic E-state index is 0. The first-order valence-corrected chi connectivity index (χ1v) is 11.2. The van der Waals surface area contributed by atoms with E-state index in [1.807, 2.05) is 34.4 Å². The number of benzene rings is 1. The van der Waals surface area contributed by atoms with Gasteiger partial charge >= 0.3 is 0 Å². The van der Waals surface area contributed by atoms with Gasteiger partial charge in [-0.25, -0.2) is 9.97 Å². The van der Waals surface area contributed by atoms with Crippen LogP contribution in [0.5, 0.6) is 0 Å². The lowest BCUT2D eigenvalue weighted by molar-refractivity contribution is -0.114. The van der Waals surface area contributed by atoms with E-state index < -0.39 is 0 Å². The van der Waals surface area contributed by atoms with Crippen molar-refractivity contribution >= 4 is 62.4 Å². The highest BCUT2D eigenvalue weighted by molar-refractivity contribution is 7.22. The van der Waals surface area contributed by atoms with Gasteiger partial charge in [0.05, 0.1) is 16.5 Å². The summed E-state index contributed by atoms with van der Waals surface area (Å²) in [5.74, 6) is -0.0440. The molecular formula is C22H23ClN4OS2. The zero-order valence-electron chi connectivity index (χ0n) is 16.8. The summed E-state index contributed by atoms with van der Waals surface area (Å²) in [5, 5.41) is 2.76. The zero-order valence-corrected chi connectivity index (χ0v) is 19.3. The van der Waals surface area contributed by atoms with Gasteiger partial charge in [0.15, 0.2) is 5.13 Å². The summed E-state index contributed by atoms with van der Waals surface area (Å²) in [5.41, 5.74) is 3.34. The van der Waals surface area contributed by atoms with E-state index >= 15 is 0 Å². The van der Waals surface area contributed by atoms with Gasteiger partial charge in [-0.05, 0) is 55.0 Å². The van der Waals surface area contributed by atoms with Crippen LogP contribution < -0.4 is 4.90 Å². The van der Waals surface area contributed by atoms with E-state index in [0.29, 0.717) is 6.54 Å². The fourth-order valence-corrected chi connectivity index (χ4v) is 4.91. The molecule has 0 bridgehead atoms. The number of anilines is 1. The number of hydrogen-bond donors (Lipinski definition) is 0. The molecule has 30 heavy (non-hydrogen) atoms. The number of halogens is 1. The number of carbonyl (C=O) groups is 1. The number of fused-ring (bicyclic) bond motifs is 1. The molecule has 0 saturated carbocycles. The number of imidazole rings is 1. The van der Waals surface area contributed by atoms with Crippen molar-refractivity contribution in [2.45, 2.75) is 26.8 Å². The normalized spacial score (nSPS) is 11.1. The second-order valence-electron chi connectivity index (χ2n) is 6.92. The van der Waals surface area contributed by atoms with Crippen LogP contribution in [0, 0.1) is 13.8 Å². The molecule has 0 aliphatic carbocycles. The van der Waals surface area contributed by atoms with Gasteiger partial charge in [0.2, 0.25) is 0 Å². The molecule has 3 heterocycles. The fourth-order valence-electron chi connectivity index (χ4n) is 3.24. The third-order valence-corrected chi connectivity index (χ3v) is 6.66. The molecule has 0 atom stereocenters. The zero-order chi connectivity index (χ0) is 20.2. The standard InChI is InChI=1S/C22H22N4OS2.ClH/c1-16-13-17(2)21-19(14-16)24-22(29-21)26(10-4-9-25-11-8-23-15-25)20(27)7-6-18-5-3-12-28-18;/h3,5-8,11-15H,4,9-10H2,1-2H3;1H. The predicted molar refractivity (Wildman–Crippen MR) is 129 cm³/mol. The maximum atomic E-state index is 13.1. The Morgan fingerprint density at radius 3 is 2.90 bits per heavy atom. The Balaban J connectivity index is 0.00000256. The summed E-state index contributed by atoms with van der Waals surface area (Å²) in [6.45, 7) is 5.58. The molecule has 0 aliphatic heterocycles. The highest BCUT2D eigenvalue weighted by Crippen LogP contribution is 2.32. The molecule has 5 nitrogen and oxygen atoms in total. The summed E-state index contributed by atoms with van der Waals surface area (Å²) in [6.07, 6.45) is 9.85. The Kier molecular flexibility index (Phi) is 7.42. The Morgan fingerprint density at radius 2 is 2.17 bits per heavy atom. The van der Waals surface area contributed by atoms with E-state index in [1.165, 1.54) is 11.1 Å². The number of thiazole rings is 1. The monoisotopic (exact) mass is 458 g/mol. The van der Waals surface area contributed by atoms with Crippen molar-refractivity contribution in [3.05, 3.63) is 70.4 Å². The van der Waals surface area contributed by atoms with Crippen LogP contribution in [0.2, 0.25) is 0 Å². The molecule has 3 aromatic heterocycles. The molecule has 0 N–H and O–H groups in total. The van der Waals surface area contributed by atoms with Crippen LogP contribution in [0.4, 0.5) is 5.13 Å². The summed E-state index contributed by atoms with van der Waals surface area (Å²) in [7, 11) is 0. The lowest BCUT2D eigenvalue weighted by Crippen LogP contribution is -2.30. The van der Waals surface area contributed by atoms with E-state index in [9.17, 15) is 4.79 Å². The van der Waals surface area contributed by atoms with Crippen molar-refractivity contribution in [1.82, 2.24) is 14.5 Å². The minimum atomic E-state index is -0.0440. The maximum absolute atomic E-state index is 13.1. The average Bonchev–Trinajstić information content (AvgIpc) is 3.44. The van der Waals surface area contributed by atoms with Gasteiger partial charge in [0.1, 0.15) is 0 Å². The Morgan fingerprint density at radius 1 is 1.30 bits per heavy atom. The maximum Gasteiger partial charge on any atom is 0.252 e. The van der Waals surface area contributed by atoms with Gasteiger partial charge < -0.3 is 4.57 Å². The highest BCUT2D eigenvalue weighted by atomic mass is 35.5. The quantitative estimate of drug-likeness (QED) is 0.332. The molecule has 0 fully saturated rings. The summed E-state index contributed by atoms with van der Waals surface area (Å²) >= 11 is 3.20. The fraction of sp³-hybridized carbons (Fsp3) is 0.227. The Bertz CT molecular complexity index is 1130. The number of carbonyl (C=O) groups excluding carboxylic acids is 1. The first-order chi connectivity index (χ1) is 14.1. The average molecular weight is 459 g/mol. The lowest BCUT2D eigenvalue weighted by Gasteiger charge is -2.18. The van der Waals surface area contributed by atoms with Gasteiger partial charge in [-0.1, -0.05) is 23.5 Å². The lowest BCUT2D eigenvalue weighted by atomic mass is 10.1. The number of thiophene rings is 1. The molecule has 0 saturated heterocycles. The molecule has 1 aromatic carbocycles. The van der Waals surface area contributed by atoms with Gasteiger partial charge in [-0.3, -0.25) is 9.69 Å². The third-order valence-electron chi connectivity index (χ3n) is 4.60. The molecule has 1 amide bonds. The molecule has 156 valence electrons. The number of hydrogen-bond acceptors (Lipinski definition) is 5. The molecule has 0 unspecified atom stereocenters. The van der Waals surface area contributed by atoms with E-state index in [4.69, 9.17) is 4.98 Å². The second-order valence-corrected chi connectivity index (χ2v) is 8.88. The molecule has 0 aliphatic rings. The highest BCUT2D eigenvalue weighted by Gasteiger charge is 2.18. The molecule has 0 spiro atoms. The number of aryl methyl sites for hydroxylation is 3. The minimum Gasteiger partial charge on any atom is -0.337 e. The second kappa shape index (κ2) is 10.0. The third kappa shape index (κ3) is 5.16. The van der Waals surface area contributed by atoms with Crippen LogP contribution in [-0.2, 0) is 11.3 Å². The van der Waals surface area contributed by atoms with Crippen molar-refractivity contribution in [2.24, 2.45) is 0 Å². The first-order valence-electron chi connectivity index (χ1n) is 9.47. The summed E-state index contributed by atoms with van der Waals surface area (Å²) in [4.78, 5) is 24.8. The van der Waals surface area contributed by atoms with Crippen LogP contribution in [0.3, 0.4) is 0 Å². The predicted octanol–water partition coefficient (Wildman–Crippen LogP) is 5.73. The van der Waals surface area contributed by atoms with Gasteiger partial charge in [0, 0.05) is 36.4 Å². The van der Waals surface area contributed by atoms with E-state index in [-0.39, 0.29) is 18.3 Å². The Hall–Kier alpha value is -2.48. The SMILES string of the molecule is Cc1cc(C)c2sc(N(CCCn3ccnc3)C(=O)C=Cc3cccs3)nc2c1.Cl. The van der Waals surface area contributed by atoms with Crippen molar-refractivity contribution in [3.8, 4) is 0 Å². The van der Waals surface area contributed by atoms with Crippen LogP contribution in [0.15, 0.2) is 54.4 Å². The van der Waals surface area contributed by atoms with Crippen molar-refractivity contribution in [2.75, 3.05) is 11.4 Å². The Labute approximate surface area is 190 Å². The van der Waals surface area contributed by atoms with Crippen LogP contribution in [-0.4, -0.2) is 27.0 Å². The van der Waals surface area contributed by atoms with E-state index in [1.54, 1.807) is 46.2 Å². The molecule has 0 radical (unpaired) electrons.